The Kier molecular flexibility index (Phi) is 5.04. The highest BCUT2D eigenvalue weighted by Gasteiger charge is 2.10. The van der Waals surface area contributed by atoms with Gasteiger partial charge in [-0.25, -0.2) is 0 Å². The lowest BCUT2D eigenvalue weighted by Crippen LogP contribution is -2.10. The molecule has 120 valence electrons. The van der Waals surface area contributed by atoms with Crippen molar-refractivity contribution in [3.63, 3.8) is 0 Å². The first-order chi connectivity index (χ1) is 11.6. The molecule has 0 unspecified atom stereocenters. The van der Waals surface area contributed by atoms with Crippen LogP contribution in [0.1, 0.15) is 5.56 Å². The summed E-state index contributed by atoms with van der Waals surface area (Å²) in [5, 5.41) is 3.66. The summed E-state index contributed by atoms with van der Waals surface area (Å²) in [6.45, 7) is 0. The van der Waals surface area contributed by atoms with Gasteiger partial charge < -0.3 is 9.88 Å². The maximum atomic E-state index is 12.2. The van der Waals surface area contributed by atoms with Gasteiger partial charge in [-0.15, -0.1) is 0 Å². The Hall–Kier alpha value is -2.49. The van der Waals surface area contributed by atoms with Crippen LogP contribution in [0.2, 0.25) is 10.0 Å². The van der Waals surface area contributed by atoms with Crippen LogP contribution in [0.15, 0.2) is 73.1 Å². The Balaban J connectivity index is 1.85. The molecule has 0 fully saturated rings. The fourth-order valence-electron chi connectivity index (χ4n) is 2.26. The quantitative estimate of drug-likeness (QED) is 0.620. The lowest BCUT2D eigenvalue weighted by Gasteiger charge is -2.13. The van der Waals surface area contributed by atoms with Crippen molar-refractivity contribution in [3.05, 3.63) is 88.7 Å². The van der Waals surface area contributed by atoms with Crippen molar-refractivity contribution in [2.45, 2.75) is 0 Å². The van der Waals surface area contributed by atoms with Gasteiger partial charge in [0.15, 0.2) is 0 Å². The minimum Gasteiger partial charge on any atom is -0.322 e. The molecule has 24 heavy (non-hydrogen) atoms. The number of hydrogen-bond acceptors (Lipinski definition) is 1. The van der Waals surface area contributed by atoms with E-state index in [-0.39, 0.29) is 5.91 Å². The van der Waals surface area contributed by atoms with Gasteiger partial charge in [-0.1, -0.05) is 53.5 Å². The van der Waals surface area contributed by atoms with Crippen molar-refractivity contribution in [1.29, 1.82) is 0 Å². The van der Waals surface area contributed by atoms with E-state index in [9.17, 15) is 4.79 Å². The van der Waals surface area contributed by atoms with E-state index in [0.717, 1.165) is 11.3 Å². The van der Waals surface area contributed by atoms with Crippen LogP contribution in [0.25, 0.3) is 11.8 Å². The van der Waals surface area contributed by atoms with Crippen molar-refractivity contribution >= 4 is 40.9 Å². The molecule has 1 amide bonds. The predicted octanol–water partition coefficient (Wildman–Crippen LogP) is 5.44. The summed E-state index contributed by atoms with van der Waals surface area (Å²) in [5.41, 5.74) is 2.28. The second-order valence-corrected chi connectivity index (χ2v) is 5.92. The van der Waals surface area contributed by atoms with Gasteiger partial charge in [0, 0.05) is 18.5 Å². The highest BCUT2D eigenvalue weighted by Crippen LogP contribution is 2.31. The molecule has 5 heteroatoms. The average Bonchev–Trinajstić information content (AvgIpc) is 3.11. The number of aromatic nitrogens is 1. The predicted molar refractivity (Wildman–Crippen MR) is 99.9 cm³/mol. The van der Waals surface area contributed by atoms with E-state index in [4.69, 9.17) is 23.2 Å². The number of amides is 1. The standard InChI is InChI=1S/C19H14Cl2N2O/c20-15-12-17(18(13-16(15)21)23-10-4-5-11-23)22-19(24)9-8-14-6-2-1-3-7-14/h1-13H,(H,22,24)/b9-8+. The van der Waals surface area contributed by atoms with E-state index in [1.54, 1.807) is 18.2 Å². The third kappa shape index (κ3) is 3.88. The zero-order chi connectivity index (χ0) is 16.9. The Morgan fingerprint density at radius 1 is 0.958 bits per heavy atom. The molecule has 2 aromatic carbocycles. The molecule has 1 N–H and O–H groups in total. The minimum atomic E-state index is -0.245. The van der Waals surface area contributed by atoms with Gasteiger partial charge in [0.25, 0.3) is 0 Å². The van der Waals surface area contributed by atoms with Crippen molar-refractivity contribution in [1.82, 2.24) is 4.57 Å². The van der Waals surface area contributed by atoms with Crippen molar-refractivity contribution in [3.8, 4) is 5.69 Å². The molecule has 0 aliphatic rings. The van der Waals surface area contributed by atoms with Crippen LogP contribution in [-0.2, 0) is 4.79 Å². The number of nitrogens with one attached hydrogen (secondary N) is 1. The number of benzene rings is 2. The van der Waals surface area contributed by atoms with Gasteiger partial charge in [0.05, 0.1) is 21.4 Å². The highest BCUT2D eigenvalue weighted by molar-refractivity contribution is 6.42. The molecule has 0 radical (unpaired) electrons. The molecule has 3 rings (SSSR count). The molecule has 0 aliphatic carbocycles. The molecule has 0 saturated heterocycles. The summed E-state index contributed by atoms with van der Waals surface area (Å²) in [6, 6.07) is 16.8. The summed E-state index contributed by atoms with van der Waals surface area (Å²) in [7, 11) is 0. The molecular formula is C19H14Cl2N2O. The molecule has 0 bridgehead atoms. The molecule has 0 aliphatic heterocycles. The Bertz CT molecular complexity index is 872. The number of halogens is 2. The molecule has 1 heterocycles. The van der Waals surface area contributed by atoms with Gasteiger partial charge in [-0.3, -0.25) is 4.79 Å². The second kappa shape index (κ2) is 7.39. The fourth-order valence-corrected chi connectivity index (χ4v) is 2.58. The highest BCUT2D eigenvalue weighted by atomic mass is 35.5. The number of rotatable bonds is 4. The first-order valence-electron chi connectivity index (χ1n) is 7.30. The molecular weight excluding hydrogens is 343 g/mol. The zero-order valence-electron chi connectivity index (χ0n) is 12.6. The summed E-state index contributed by atoms with van der Waals surface area (Å²) >= 11 is 12.2. The van der Waals surface area contributed by atoms with Crippen LogP contribution in [-0.4, -0.2) is 10.5 Å². The van der Waals surface area contributed by atoms with Crippen LogP contribution in [0.3, 0.4) is 0 Å². The lowest BCUT2D eigenvalue weighted by molar-refractivity contribution is -0.111. The first kappa shape index (κ1) is 16.4. The number of hydrogen-bond donors (Lipinski definition) is 1. The summed E-state index contributed by atoms with van der Waals surface area (Å²) < 4.78 is 1.86. The van der Waals surface area contributed by atoms with Crippen LogP contribution in [0, 0.1) is 0 Å². The average molecular weight is 357 g/mol. The topological polar surface area (TPSA) is 34.0 Å². The zero-order valence-corrected chi connectivity index (χ0v) is 14.1. The Morgan fingerprint density at radius 2 is 1.62 bits per heavy atom. The van der Waals surface area contributed by atoms with Crippen molar-refractivity contribution < 1.29 is 4.79 Å². The van der Waals surface area contributed by atoms with E-state index in [1.165, 1.54) is 6.08 Å². The maximum absolute atomic E-state index is 12.2. The SMILES string of the molecule is O=C(/C=C/c1ccccc1)Nc1cc(Cl)c(Cl)cc1-n1cccc1. The van der Waals surface area contributed by atoms with Crippen LogP contribution >= 0.6 is 23.2 Å². The van der Waals surface area contributed by atoms with E-state index in [1.807, 2.05) is 59.4 Å². The minimum absolute atomic E-state index is 0.245. The largest absolute Gasteiger partial charge is 0.322 e. The maximum Gasteiger partial charge on any atom is 0.248 e. The molecule has 1 aromatic heterocycles. The fraction of sp³-hybridized carbons (Fsp3) is 0. The summed E-state index contributed by atoms with van der Waals surface area (Å²) in [4.78, 5) is 12.2. The molecule has 0 atom stereocenters. The number of carbonyl (C=O) groups excluding carboxylic acids is 1. The van der Waals surface area contributed by atoms with Crippen LogP contribution in [0.5, 0.6) is 0 Å². The van der Waals surface area contributed by atoms with E-state index >= 15 is 0 Å². The summed E-state index contributed by atoms with van der Waals surface area (Å²) in [5.74, 6) is -0.245. The summed E-state index contributed by atoms with van der Waals surface area (Å²) in [6.07, 6.45) is 6.98. The monoisotopic (exact) mass is 356 g/mol. The van der Waals surface area contributed by atoms with Gasteiger partial charge in [0.1, 0.15) is 0 Å². The number of nitrogens with zero attached hydrogens (tertiary/aromatic N) is 1. The van der Waals surface area contributed by atoms with Crippen LogP contribution < -0.4 is 5.32 Å². The van der Waals surface area contributed by atoms with Gasteiger partial charge in [-0.05, 0) is 35.9 Å². The second-order valence-electron chi connectivity index (χ2n) is 5.11. The first-order valence-corrected chi connectivity index (χ1v) is 8.05. The molecule has 0 saturated carbocycles. The van der Waals surface area contributed by atoms with Crippen LogP contribution in [0.4, 0.5) is 5.69 Å². The van der Waals surface area contributed by atoms with Gasteiger partial charge >= 0.3 is 0 Å². The van der Waals surface area contributed by atoms with E-state index in [0.29, 0.717) is 15.7 Å². The Morgan fingerprint density at radius 3 is 2.33 bits per heavy atom. The third-order valence-corrected chi connectivity index (χ3v) is 4.13. The third-order valence-electron chi connectivity index (χ3n) is 3.41. The van der Waals surface area contributed by atoms with E-state index in [2.05, 4.69) is 5.32 Å². The van der Waals surface area contributed by atoms with E-state index < -0.39 is 0 Å². The lowest BCUT2D eigenvalue weighted by atomic mass is 10.2. The van der Waals surface area contributed by atoms with Crippen molar-refractivity contribution in [2.24, 2.45) is 0 Å². The van der Waals surface area contributed by atoms with Crippen molar-refractivity contribution in [2.75, 3.05) is 5.32 Å². The molecule has 0 spiro atoms. The smallest absolute Gasteiger partial charge is 0.248 e. The van der Waals surface area contributed by atoms with Gasteiger partial charge in [-0.2, -0.15) is 0 Å². The molecule has 3 aromatic rings. The Labute approximate surface area is 150 Å². The number of anilines is 1. The molecule has 3 nitrogen and oxygen atoms in total. The normalized spacial score (nSPS) is 10.9. The van der Waals surface area contributed by atoms with Gasteiger partial charge in [0.2, 0.25) is 5.91 Å². The number of carbonyl (C=O) groups is 1.